The lowest BCUT2D eigenvalue weighted by Crippen LogP contribution is -2.60. The van der Waals surface area contributed by atoms with E-state index in [1.807, 2.05) is 51.1 Å². The molecule has 0 saturated carbocycles. The Bertz CT molecular complexity index is 1230. The molecule has 3 aliphatic heterocycles. The third-order valence-corrected chi connectivity index (χ3v) is 10.3. The topological polar surface area (TPSA) is 99.6 Å². The van der Waals surface area contributed by atoms with E-state index >= 15 is 0 Å². The van der Waals surface area contributed by atoms with Gasteiger partial charge in [0.05, 0.1) is 30.8 Å². The van der Waals surface area contributed by atoms with Crippen LogP contribution in [0.1, 0.15) is 73.1 Å². The fourth-order valence-electron chi connectivity index (χ4n) is 7.96. The van der Waals surface area contributed by atoms with E-state index in [9.17, 15) is 19.5 Å². The summed E-state index contributed by atoms with van der Waals surface area (Å²) in [6.45, 7) is 19.6. The molecular formula is C36H53N3O6. The Morgan fingerprint density at radius 1 is 1.09 bits per heavy atom. The highest BCUT2D eigenvalue weighted by molar-refractivity contribution is 6.05. The van der Waals surface area contributed by atoms with Crippen molar-refractivity contribution >= 4 is 29.2 Å². The number of hydrogen-bond donors (Lipinski definition) is 1. The summed E-state index contributed by atoms with van der Waals surface area (Å²) < 4.78 is 12.7. The number of hydrogen-bond acceptors (Lipinski definition) is 7. The van der Waals surface area contributed by atoms with Gasteiger partial charge in [0.2, 0.25) is 5.91 Å². The van der Waals surface area contributed by atoms with E-state index in [0.717, 1.165) is 31.6 Å². The maximum atomic E-state index is 14.9. The van der Waals surface area contributed by atoms with Crippen LogP contribution in [0.25, 0.3) is 0 Å². The maximum absolute atomic E-state index is 14.9. The highest BCUT2D eigenvalue weighted by atomic mass is 16.6. The minimum absolute atomic E-state index is 0.140. The smallest absolute Gasteiger partial charge is 0.312 e. The third-order valence-electron chi connectivity index (χ3n) is 10.3. The second-order valence-corrected chi connectivity index (χ2v) is 13.0. The number of amides is 2. The van der Waals surface area contributed by atoms with Gasteiger partial charge >= 0.3 is 5.97 Å². The standard InChI is InChI=1S/C36H53N3O6/c1-8-13-14-15-23-44-34(43)30-29-32(41)39(28(24-40)25(6)7)31(36(29)21-20-35(30,10-3)45-36)33(42)38(22-9-2)27-18-16-26(17-19-27)37(11-4)12-5/h8-9,16-19,25,28-31,40H,1-2,10-15,20-24H2,3-7H3/t28-,29-,30+,31?,35-,36?/m0/s1. The van der Waals surface area contributed by atoms with E-state index < -0.39 is 41.1 Å². The number of unbranched alkanes of at least 4 members (excludes halogenated alkanes) is 2. The van der Waals surface area contributed by atoms with Gasteiger partial charge in [-0.15, -0.1) is 13.2 Å². The largest absolute Gasteiger partial charge is 0.465 e. The highest BCUT2D eigenvalue weighted by Gasteiger charge is 2.79. The van der Waals surface area contributed by atoms with Crippen molar-refractivity contribution < 1.29 is 29.0 Å². The molecule has 3 aliphatic rings. The zero-order valence-corrected chi connectivity index (χ0v) is 27.9. The van der Waals surface area contributed by atoms with Gasteiger partial charge < -0.3 is 29.3 Å². The van der Waals surface area contributed by atoms with Gasteiger partial charge in [-0.2, -0.15) is 0 Å². The summed E-state index contributed by atoms with van der Waals surface area (Å²) in [6, 6.07) is 6.20. The van der Waals surface area contributed by atoms with Crippen LogP contribution < -0.4 is 9.80 Å². The summed E-state index contributed by atoms with van der Waals surface area (Å²) in [6.07, 6.45) is 7.44. The Balaban J connectivity index is 1.76. The van der Waals surface area contributed by atoms with Crippen molar-refractivity contribution in [3.63, 3.8) is 0 Å². The minimum atomic E-state index is -1.21. The quantitative estimate of drug-likeness (QED) is 0.146. The summed E-state index contributed by atoms with van der Waals surface area (Å²) in [7, 11) is 0. The first-order chi connectivity index (χ1) is 21.6. The summed E-state index contributed by atoms with van der Waals surface area (Å²) in [5.74, 6) is -2.90. The fraction of sp³-hybridized carbons (Fsp3) is 0.639. The lowest BCUT2D eigenvalue weighted by Gasteiger charge is -2.40. The van der Waals surface area contributed by atoms with Crippen LogP contribution in [0.4, 0.5) is 11.4 Å². The van der Waals surface area contributed by atoms with Crippen molar-refractivity contribution in [2.24, 2.45) is 17.8 Å². The third kappa shape index (κ3) is 6.06. The van der Waals surface area contributed by atoms with Crippen molar-refractivity contribution in [1.82, 2.24) is 4.90 Å². The van der Waals surface area contributed by atoms with Gasteiger partial charge in [0.1, 0.15) is 17.6 Å². The first-order valence-electron chi connectivity index (χ1n) is 16.8. The summed E-state index contributed by atoms with van der Waals surface area (Å²) >= 11 is 0. The van der Waals surface area contributed by atoms with Crippen LogP contribution in [-0.2, 0) is 23.9 Å². The fourth-order valence-corrected chi connectivity index (χ4v) is 7.96. The first-order valence-corrected chi connectivity index (χ1v) is 16.8. The number of likely N-dealkylation sites (tertiary alicyclic amines) is 1. The van der Waals surface area contributed by atoms with Crippen molar-refractivity contribution in [3.05, 3.63) is 49.6 Å². The molecule has 9 nitrogen and oxygen atoms in total. The number of aliphatic hydroxyl groups is 1. The van der Waals surface area contributed by atoms with E-state index in [1.54, 1.807) is 15.9 Å². The van der Waals surface area contributed by atoms with E-state index in [1.165, 1.54) is 0 Å². The zero-order valence-electron chi connectivity index (χ0n) is 27.9. The molecule has 45 heavy (non-hydrogen) atoms. The molecule has 2 bridgehead atoms. The number of nitrogens with zero attached hydrogens (tertiary/aromatic N) is 3. The van der Waals surface area contributed by atoms with E-state index in [4.69, 9.17) is 9.47 Å². The second-order valence-electron chi connectivity index (χ2n) is 13.0. The molecule has 3 saturated heterocycles. The molecule has 1 aromatic rings. The number of aliphatic hydroxyl groups excluding tert-OH is 1. The Kier molecular flexibility index (Phi) is 11.2. The van der Waals surface area contributed by atoms with Crippen molar-refractivity contribution in [2.45, 2.75) is 96.4 Å². The van der Waals surface area contributed by atoms with Crippen LogP contribution in [0.2, 0.25) is 0 Å². The highest BCUT2D eigenvalue weighted by Crippen LogP contribution is 2.65. The molecule has 3 fully saturated rings. The van der Waals surface area contributed by atoms with Crippen molar-refractivity contribution in [1.29, 1.82) is 0 Å². The summed E-state index contributed by atoms with van der Waals surface area (Å²) in [4.78, 5) is 48.8. The molecule has 1 aromatic carbocycles. The summed E-state index contributed by atoms with van der Waals surface area (Å²) in [5, 5.41) is 10.6. The Labute approximate surface area is 269 Å². The average molecular weight is 624 g/mol. The van der Waals surface area contributed by atoms with E-state index in [2.05, 4.69) is 31.9 Å². The lowest BCUT2D eigenvalue weighted by atomic mass is 9.65. The number of anilines is 2. The number of carbonyl (C=O) groups is 3. The van der Waals surface area contributed by atoms with E-state index in [0.29, 0.717) is 31.4 Å². The number of carbonyl (C=O) groups excluding carboxylic acids is 3. The van der Waals surface area contributed by atoms with E-state index in [-0.39, 0.29) is 37.5 Å². The van der Waals surface area contributed by atoms with Gasteiger partial charge in [0.15, 0.2) is 0 Å². The normalized spacial score (nSPS) is 27.4. The molecule has 0 radical (unpaired) electrons. The van der Waals surface area contributed by atoms with Crippen molar-refractivity contribution in [3.8, 4) is 0 Å². The number of fused-ring (bicyclic) bond motifs is 1. The van der Waals surface area contributed by atoms with Gasteiger partial charge in [-0.05, 0) is 82.6 Å². The molecule has 6 atom stereocenters. The molecule has 3 heterocycles. The van der Waals surface area contributed by atoms with Crippen molar-refractivity contribution in [2.75, 3.05) is 42.6 Å². The SMILES string of the molecule is C=CCCCCOC(=O)[C@H]1[C@H]2C(=O)N([C@@H](CO)C(C)C)C(C(=O)N(CC=C)c3ccc(N(CC)CC)cc3)C23CC[C@]1(CC)O3. The number of esters is 1. The molecule has 248 valence electrons. The Morgan fingerprint density at radius 3 is 2.31 bits per heavy atom. The molecule has 4 rings (SSSR count). The Morgan fingerprint density at radius 2 is 1.76 bits per heavy atom. The van der Waals surface area contributed by atoms with Gasteiger partial charge in [-0.1, -0.05) is 32.9 Å². The molecule has 0 aliphatic carbocycles. The number of allylic oxidation sites excluding steroid dienone is 1. The monoisotopic (exact) mass is 623 g/mol. The molecule has 0 aromatic heterocycles. The Hall–Kier alpha value is -3.17. The minimum Gasteiger partial charge on any atom is -0.465 e. The number of ether oxygens (including phenoxy) is 2. The first kappa shape index (κ1) is 34.7. The van der Waals surface area contributed by atoms with Crippen LogP contribution >= 0.6 is 0 Å². The van der Waals surface area contributed by atoms with Crippen LogP contribution in [0.15, 0.2) is 49.6 Å². The predicted octanol–water partition coefficient (Wildman–Crippen LogP) is 5.12. The number of rotatable bonds is 17. The van der Waals surface area contributed by atoms with Gasteiger partial charge in [0, 0.05) is 31.0 Å². The van der Waals surface area contributed by atoms with Crippen LogP contribution in [0.3, 0.4) is 0 Å². The molecule has 2 amide bonds. The average Bonchev–Trinajstić information content (AvgIpc) is 3.64. The van der Waals surface area contributed by atoms with Crippen LogP contribution in [0, 0.1) is 17.8 Å². The number of benzene rings is 1. The summed E-state index contributed by atoms with van der Waals surface area (Å²) in [5.41, 5.74) is -0.356. The lowest BCUT2D eigenvalue weighted by molar-refractivity contribution is -0.162. The zero-order chi connectivity index (χ0) is 32.9. The molecule has 9 heteroatoms. The van der Waals surface area contributed by atoms with Gasteiger partial charge in [-0.3, -0.25) is 14.4 Å². The molecular weight excluding hydrogens is 570 g/mol. The van der Waals surface area contributed by atoms with Gasteiger partial charge in [-0.25, -0.2) is 0 Å². The predicted molar refractivity (Wildman–Crippen MR) is 177 cm³/mol. The van der Waals surface area contributed by atoms with Crippen LogP contribution in [0.5, 0.6) is 0 Å². The van der Waals surface area contributed by atoms with Gasteiger partial charge in [0.25, 0.3) is 5.91 Å². The molecule has 1 spiro atoms. The second kappa shape index (κ2) is 14.5. The molecule has 2 unspecified atom stereocenters. The van der Waals surface area contributed by atoms with Crippen LogP contribution in [-0.4, -0.2) is 83.9 Å². The molecule has 1 N–H and O–H groups in total. The maximum Gasteiger partial charge on any atom is 0.312 e.